The number of aromatic nitrogens is 3. The second-order valence-electron chi connectivity index (χ2n) is 17.9. The van der Waals surface area contributed by atoms with E-state index in [9.17, 15) is 34.2 Å². The molecule has 1 aromatic carbocycles. The first-order valence-electron chi connectivity index (χ1n) is 21.5. The number of likely N-dealkylation sites (N-methyl/N-ethyl adjacent to an activating group) is 1. The Hall–Kier alpha value is -5.43. The van der Waals surface area contributed by atoms with Crippen molar-refractivity contribution in [1.82, 2.24) is 40.1 Å². The molecule has 3 aromatic heterocycles. The van der Waals surface area contributed by atoms with Crippen LogP contribution in [0.5, 0.6) is 0 Å². The summed E-state index contributed by atoms with van der Waals surface area (Å²) in [7, 11) is 3.10. The zero-order valence-corrected chi connectivity index (χ0v) is 38.0. The van der Waals surface area contributed by atoms with Crippen LogP contribution >= 0.6 is 11.3 Å². The molecular weight excluding hydrogens is 829 g/mol. The average Bonchev–Trinajstić information content (AvgIpc) is 3.82. The molecule has 6 bridgehead atoms. The lowest BCUT2D eigenvalue weighted by atomic mass is 9.84. The molecule has 4 aromatic rings. The van der Waals surface area contributed by atoms with Crippen LogP contribution in [0.1, 0.15) is 83.2 Å². The number of aliphatic hydroxyl groups is 1. The number of benzene rings is 1. The topological polar surface area (TPSA) is 209 Å². The van der Waals surface area contributed by atoms with Crippen LogP contribution in [-0.4, -0.2) is 127 Å². The number of hydrogen-bond donors (Lipinski definition) is 4. The van der Waals surface area contributed by atoms with E-state index in [1.165, 1.54) is 28.2 Å². The number of carboxylic acids is 1. The molecule has 338 valence electrons. The first-order chi connectivity index (χ1) is 29.9. The number of ether oxygens (including phenoxy) is 2. The first kappa shape index (κ1) is 45.6. The summed E-state index contributed by atoms with van der Waals surface area (Å²) in [6.07, 6.45) is 2.41. The second-order valence-corrected chi connectivity index (χ2v) is 18.9. The maximum absolute atomic E-state index is 14.5. The molecule has 0 spiro atoms. The van der Waals surface area contributed by atoms with Crippen molar-refractivity contribution in [2.24, 2.45) is 11.3 Å². The van der Waals surface area contributed by atoms with E-state index in [-0.39, 0.29) is 45.1 Å². The van der Waals surface area contributed by atoms with Crippen molar-refractivity contribution < 1.29 is 43.7 Å². The molecule has 0 radical (unpaired) electrons. The van der Waals surface area contributed by atoms with E-state index in [1.54, 1.807) is 27.2 Å². The number of hydrogen-bond acceptors (Lipinski definition) is 12. The molecule has 4 amide bonds. The van der Waals surface area contributed by atoms with E-state index in [1.807, 2.05) is 44.4 Å². The zero-order valence-electron chi connectivity index (χ0n) is 37.1. The molecule has 2 saturated heterocycles. The fourth-order valence-electron chi connectivity index (χ4n) is 8.98. The van der Waals surface area contributed by atoms with Crippen LogP contribution in [0.3, 0.4) is 0 Å². The number of urea groups is 1. The Balaban J connectivity index is 1.31. The van der Waals surface area contributed by atoms with Gasteiger partial charge in [-0.3, -0.25) is 19.6 Å². The normalized spacial score (nSPS) is 22.5. The highest BCUT2D eigenvalue weighted by Gasteiger charge is 2.46. The summed E-state index contributed by atoms with van der Waals surface area (Å²) < 4.78 is 14.0. The van der Waals surface area contributed by atoms with E-state index < -0.39 is 65.0 Å². The van der Waals surface area contributed by atoms with Crippen LogP contribution in [0, 0.1) is 11.3 Å². The van der Waals surface area contributed by atoms with Crippen molar-refractivity contribution in [2.45, 2.75) is 110 Å². The number of methoxy groups -OCH3 is 1. The van der Waals surface area contributed by atoms with Crippen LogP contribution in [0.15, 0.2) is 41.9 Å². The van der Waals surface area contributed by atoms with Crippen molar-refractivity contribution in [3.05, 3.63) is 58.2 Å². The smallest absolute Gasteiger partial charge is 0.355 e. The van der Waals surface area contributed by atoms with Gasteiger partial charge in [0, 0.05) is 85.7 Å². The van der Waals surface area contributed by atoms with Gasteiger partial charge in [0.2, 0.25) is 11.6 Å². The average molecular weight is 887 g/mol. The molecule has 2 fully saturated rings. The Morgan fingerprint density at radius 2 is 1.92 bits per heavy atom. The maximum atomic E-state index is 14.5. The number of nitrogens with one attached hydrogen (secondary N) is 2. The van der Waals surface area contributed by atoms with Gasteiger partial charge in [-0.1, -0.05) is 33.8 Å². The number of fused-ring (bicyclic) bond motifs is 6. The lowest BCUT2D eigenvalue weighted by molar-refractivity contribution is -0.189. The summed E-state index contributed by atoms with van der Waals surface area (Å²) in [5.41, 5.74) is 6.05. The molecule has 3 aliphatic rings. The molecule has 1 unspecified atom stereocenters. The van der Waals surface area contributed by atoms with Crippen molar-refractivity contribution in [1.29, 1.82) is 0 Å². The predicted molar refractivity (Wildman–Crippen MR) is 235 cm³/mol. The Bertz CT molecular complexity index is 2410. The molecule has 0 aliphatic carbocycles. The maximum Gasteiger partial charge on any atom is 0.355 e. The largest absolute Gasteiger partial charge is 0.480 e. The second kappa shape index (κ2) is 18.0. The number of rotatable bonds is 9. The number of aryl methyl sites for hydroxylation is 1. The summed E-state index contributed by atoms with van der Waals surface area (Å²) in [5, 5.41) is 28.8. The van der Waals surface area contributed by atoms with Crippen LogP contribution < -0.4 is 10.7 Å². The van der Waals surface area contributed by atoms with Crippen LogP contribution in [0.4, 0.5) is 4.79 Å². The Morgan fingerprint density at radius 1 is 1.16 bits per heavy atom. The van der Waals surface area contributed by atoms with Gasteiger partial charge in [-0.15, -0.1) is 11.3 Å². The summed E-state index contributed by atoms with van der Waals surface area (Å²) in [6.45, 7) is 12.5. The number of hydrazine groups is 1. The lowest BCUT2D eigenvalue weighted by Crippen LogP contribution is -2.67. The molecule has 18 heteroatoms. The van der Waals surface area contributed by atoms with Gasteiger partial charge in [-0.05, 0) is 68.9 Å². The minimum Gasteiger partial charge on any atom is -0.480 e. The quantitative estimate of drug-likeness (QED) is 0.168. The molecule has 0 saturated carbocycles. The minimum atomic E-state index is -2.25. The molecule has 6 heterocycles. The van der Waals surface area contributed by atoms with Crippen LogP contribution in [0.2, 0.25) is 0 Å². The summed E-state index contributed by atoms with van der Waals surface area (Å²) in [4.78, 5) is 80.2. The number of aliphatic carboxylic acids is 1. The van der Waals surface area contributed by atoms with Gasteiger partial charge in [-0.25, -0.2) is 19.4 Å². The standard InChI is InChI=1S/C45H58N8O9S/c1-9-51-33-14-13-27-20-29(33)30(38(51)28-12-10-17-46-36(28)26(4)61-8)22-44(5,6)24-62-42(58)45(60)16-11-18-53(49-45)40(55)31(21-35-47-32(27)23-63-35)48-39(54)37(25(2)3)50(7)43(59)52-19-15-34(52)41(56)57/h10,12-14,17,20,23,25-26,31,34,37,49,60H,9,11,15-16,18-19,21-22,24H2,1-8H3,(H,48,54)(H,56,57)/t26-,31-,34?,37-,45-/m0/s1. The Morgan fingerprint density at radius 3 is 2.59 bits per heavy atom. The molecule has 3 aliphatic heterocycles. The third-order valence-electron chi connectivity index (χ3n) is 12.4. The molecule has 17 nitrogen and oxygen atoms in total. The zero-order chi connectivity index (χ0) is 45.5. The fraction of sp³-hybridized carbons (Fsp3) is 0.533. The fourth-order valence-corrected chi connectivity index (χ4v) is 9.83. The highest BCUT2D eigenvalue weighted by molar-refractivity contribution is 7.10. The van der Waals surface area contributed by atoms with Crippen molar-refractivity contribution in [3.8, 4) is 22.5 Å². The predicted octanol–water partition coefficient (Wildman–Crippen LogP) is 4.76. The Labute approximate surface area is 370 Å². The molecule has 7 rings (SSSR count). The lowest BCUT2D eigenvalue weighted by Gasteiger charge is -2.43. The summed E-state index contributed by atoms with van der Waals surface area (Å²) in [6, 6.07) is 6.24. The van der Waals surface area contributed by atoms with Gasteiger partial charge in [-0.2, -0.15) is 5.43 Å². The van der Waals surface area contributed by atoms with Crippen molar-refractivity contribution in [3.63, 3.8) is 0 Å². The molecule has 63 heavy (non-hydrogen) atoms. The summed E-state index contributed by atoms with van der Waals surface area (Å²) in [5.74, 6) is -3.76. The highest BCUT2D eigenvalue weighted by atomic mass is 32.1. The van der Waals surface area contributed by atoms with E-state index in [4.69, 9.17) is 19.4 Å². The minimum absolute atomic E-state index is 0.0303. The van der Waals surface area contributed by atoms with E-state index in [0.717, 1.165) is 44.0 Å². The number of amides is 4. The van der Waals surface area contributed by atoms with Crippen molar-refractivity contribution in [2.75, 3.05) is 33.9 Å². The number of pyridine rings is 1. The molecule has 4 N–H and O–H groups in total. The number of nitrogens with zero attached hydrogens (tertiary/aromatic N) is 6. The number of thiazole rings is 1. The molecule has 5 atom stereocenters. The van der Waals surface area contributed by atoms with Crippen LogP contribution in [0.25, 0.3) is 33.4 Å². The third kappa shape index (κ3) is 8.90. The van der Waals surface area contributed by atoms with E-state index in [0.29, 0.717) is 30.1 Å². The number of carboxylic acid groups (broad SMARTS) is 1. The van der Waals surface area contributed by atoms with Crippen molar-refractivity contribution >= 4 is 52.0 Å². The SMILES string of the molecule is CCn1c(-c2cccnc2[C@H](C)OC)c2c3cc(ccc31)-c1csc(n1)C[C@H](NC(=O)[C@H](C(C)C)N(C)C(=O)N1CCC1C(=O)O)C(=O)N1CCC[C@@](O)(N1)C(=O)OCC(C)(C)C2. The van der Waals surface area contributed by atoms with E-state index >= 15 is 0 Å². The number of carbonyl (C=O) groups is 5. The number of esters is 1. The summed E-state index contributed by atoms with van der Waals surface area (Å²) >= 11 is 1.33. The van der Waals surface area contributed by atoms with Crippen LogP contribution in [-0.2, 0) is 48.0 Å². The van der Waals surface area contributed by atoms with Gasteiger partial charge in [0.25, 0.3) is 5.91 Å². The number of likely N-dealkylation sites (tertiary alicyclic amines) is 1. The van der Waals surface area contributed by atoms with Gasteiger partial charge >= 0.3 is 18.0 Å². The number of cyclic esters (lactones) is 1. The van der Waals surface area contributed by atoms with Gasteiger partial charge in [0.1, 0.15) is 18.1 Å². The third-order valence-corrected chi connectivity index (χ3v) is 13.3. The molecular formula is C45H58N8O9S. The monoisotopic (exact) mass is 886 g/mol. The first-order valence-corrected chi connectivity index (χ1v) is 22.4. The highest BCUT2D eigenvalue weighted by Crippen LogP contribution is 2.42. The van der Waals surface area contributed by atoms with E-state index in [2.05, 4.69) is 34.4 Å². The van der Waals surface area contributed by atoms with Gasteiger partial charge in [0.05, 0.1) is 34.8 Å². The van der Waals surface area contributed by atoms with Gasteiger partial charge < -0.3 is 39.4 Å². The van der Waals surface area contributed by atoms with Gasteiger partial charge in [0.15, 0.2) is 0 Å². The number of carbonyl (C=O) groups excluding carboxylic acids is 4. The Kier molecular flexibility index (Phi) is 13.0.